The van der Waals surface area contributed by atoms with E-state index in [0.717, 1.165) is 10.9 Å². The van der Waals surface area contributed by atoms with E-state index in [-0.39, 0.29) is 6.04 Å². The van der Waals surface area contributed by atoms with Gasteiger partial charge in [-0.3, -0.25) is 0 Å². The summed E-state index contributed by atoms with van der Waals surface area (Å²) < 4.78 is 1.09. The number of aryl methyl sites for hydroxylation is 1. The quantitative estimate of drug-likeness (QED) is 0.701. The number of hydrogen-bond donors (Lipinski definition) is 1. The van der Waals surface area contributed by atoms with Gasteiger partial charge in [-0.15, -0.1) is 0 Å². The molecule has 21 heavy (non-hydrogen) atoms. The highest BCUT2D eigenvalue weighted by atomic mass is 79.9. The molecule has 0 heterocycles. The van der Waals surface area contributed by atoms with Crippen LogP contribution in [0.1, 0.15) is 22.7 Å². The van der Waals surface area contributed by atoms with Crippen LogP contribution < -0.4 is 5.73 Å². The van der Waals surface area contributed by atoms with E-state index < -0.39 is 0 Å². The number of benzene rings is 3. The summed E-state index contributed by atoms with van der Waals surface area (Å²) in [5.74, 6) is 0. The van der Waals surface area contributed by atoms with Gasteiger partial charge in [0.25, 0.3) is 0 Å². The van der Waals surface area contributed by atoms with E-state index in [1.807, 2.05) is 0 Å². The van der Waals surface area contributed by atoms with Crippen LogP contribution in [-0.2, 0) is 6.42 Å². The summed E-state index contributed by atoms with van der Waals surface area (Å²) in [6.45, 7) is 2.10. The zero-order chi connectivity index (χ0) is 14.8. The molecule has 0 fully saturated rings. The lowest BCUT2D eigenvalue weighted by Crippen LogP contribution is -2.13. The molecule has 3 rings (SSSR count). The molecule has 0 bridgehead atoms. The molecule has 2 N–H and O–H groups in total. The Balaban J connectivity index is 1.94. The van der Waals surface area contributed by atoms with Gasteiger partial charge in [-0.1, -0.05) is 64.5 Å². The molecule has 1 unspecified atom stereocenters. The molecule has 3 aromatic rings. The van der Waals surface area contributed by atoms with Crippen LogP contribution in [0.2, 0.25) is 0 Å². The first-order valence-corrected chi connectivity index (χ1v) is 7.92. The van der Waals surface area contributed by atoms with Gasteiger partial charge in [0.05, 0.1) is 0 Å². The van der Waals surface area contributed by atoms with Crippen LogP contribution in [0.5, 0.6) is 0 Å². The molecule has 1 nitrogen and oxygen atoms in total. The van der Waals surface area contributed by atoms with Gasteiger partial charge in [0.15, 0.2) is 0 Å². The molecule has 2 heteroatoms. The summed E-state index contributed by atoms with van der Waals surface area (Å²) in [4.78, 5) is 0. The number of hydrogen-bond acceptors (Lipinski definition) is 1. The van der Waals surface area contributed by atoms with Gasteiger partial charge in [-0.05, 0) is 52.9 Å². The number of fused-ring (bicyclic) bond motifs is 1. The van der Waals surface area contributed by atoms with Crippen molar-refractivity contribution in [1.29, 1.82) is 0 Å². The molecular weight excluding hydrogens is 322 g/mol. The van der Waals surface area contributed by atoms with Crippen LogP contribution in [0.3, 0.4) is 0 Å². The molecule has 0 aliphatic heterocycles. The molecule has 0 aliphatic carbocycles. The summed E-state index contributed by atoms with van der Waals surface area (Å²) in [5.41, 5.74) is 10.1. The first-order valence-electron chi connectivity index (χ1n) is 7.13. The Bertz CT molecular complexity index is 754. The van der Waals surface area contributed by atoms with E-state index in [9.17, 15) is 0 Å². The van der Waals surface area contributed by atoms with E-state index >= 15 is 0 Å². The minimum atomic E-state index is 0.00649. The molecule has 1 atom stereocenters. The smallest absolute Gasteiger partial charge is 0.0336 e. The van der Waals surface area contributed by atoms with E-state index in [1.54, 1.807) is 0 Å². The Morgan fingerprint density at radius 2 is 1.76 bits per heavy atom. The first kappa shape index (κ1) is 14.3. The van der Waals surface area contributed by atoms with Crippen LogP contribution in [0.4, 0.5) is 0 Å². The zero-order valence-corrected chi connectivity index (χ0v) is 13.6. The summed E-state index contributed by atoms with van der Waals surface area (Å²) in [6.07, 6.45) is 0.844. The lowest BCUT2D eigenvalue weighted by molar-refractivity contribution is 0.724. The van der Waals surface area contributed by atoms with Crippen LogP contribution in [0.25, 0.3) is 10.8 Å². The van der Waals surface area contributed by atoms with Crippen molar-refractivity contribution in [2.45, 2.75) is 19.4 Å². The lowest BCUT2D eigenvalue weighted by atomic mass is 9.95. The highest BCUT2D eigenvalue weighted by molar-refractivity contribution is 9.10. The van der Waals surface area contributed by atoms with Crippen LogP contribution >= 0.6 is 15.9 Å². The van der Waals surface area contributed by atoms with Gasteiger partial charge < -0.3 is 5.73 Å². The van der Waals surface area contributed by atoms with Crippen molar-refractivity contribution in [2.75, 3.05) is 0 Å². The summed E-state index contributed by atoms with van der Waals surface area (Å²) in [5, 5.41) is 2.56. The molecule has 0 saturated heterocycles. The Labute approximate surface area is 133 Å². The third-order valence-electron chi connectivity index (χ3n) is 3.81. The molecule has 0 amide bonds. The fourth-order valence-corrected chi connectivity index (χ4v) is 3.43. The van der Waals surface area contributed by atoms with Crippen molar-refractivity contribution in [2.24, 2.45) is 5.73 Å². The third kappa shape index (κ3) is 3.17. The Morgan fingerprint density at radius 3 is 2.57 bits per heavy atom. The Kier molecular flexibility index (Phi) is 4.09. The summed E-state index contributed by atoms with van der Waals surface area (Å²) >= 11 is 3.55. The maximum atomic E-state index is 6.43. The maximum absolute atomic E-state index is 6.43. The third-order valence-corrected chi connectivity index (χ3v) is 4.27. The fraction of sp³-hybridized carbons (Fsp3) is 0.158. The molecule has 0 aromatic heterocycles. The predicted octanol–water partition coefficient (Wildman–Crippen LogP) is 5.15. The van der Waals surface area contributed by atoms with E-state index in [2.05, 4.69) is 83.5 Å². The van der Waals surface area contributed by atoms with Crippen molar-refractivity contribution in [1.82, 2.24) is 0 Å². The lowest BCUT2D eigenvalue weighted by Gasteiger charge is -2.15. The largest absolute Gasteiger partial charge is 0.324 e. The van der Waals surface area contributed by atoms with Gasteiger partial charge in [-0.2, -0.15) is 0 Å². The van der Waals surface area contributed by atoms with Crippen molar-refractivity contribution < 1.29 is 0 Å². The topological polar surface area (TPSA) is 26.0 Å². The van der Waals surface area contributed by atoms with E-state index in [4.69, 9.17) is 5.73 Å². The normalized spacial score (nSPS) is 12.5. The van der Waals surface area contributed by atoms with Gasteiger partial charge in [0, 0.05) is 10.5 Å². The summed E-state index contributed by atoms with van der Waals surface area (Å²) in [7, 11) is 0. The summed E-state index contributed by atoms with van der Waals surface area (Å²) in [6, 6.07) is 21.3. The van der Waals surface area contributed by atoms with Gasteiger partial charge in [0.1, 0.15) is 0 Å². The van der Waals surface area contributed by atoms with Crippen LogP contribution in [0, 0.1) is 6.92 Å². The van der Waals surface area contributed by atoms with E-state index in [1.165, 1.54) is 27.5 Å². The highest BCUT2D eigenvalue weighted by Crippen LogP contribution is 2.25. The highest BCUT2D eigenvalue weighted by Gasteiger charge is 2.10. The second-order valence-electron chi connectivity index (χ2n) is 5.51. The second kappa shape index (κ2) is 6.00. The fourth-order valence-electron chi connectivity index (χ4n) is 2.80. The minimum Gasteiger partial charge on any atom is -0.324 e. The molecule has 0 radical (unpaired) electrons. The van der Waals surface area contributed by atoms with Gasteiger partial charge >= 0.3 is 0 Å². The monoisotopic (exact) mass is 339 g/mol. The molecule has 0 aliphatic rings. The van der Waals surface area contributed by atoms with Crippen LogP contribution in [0.15, 0.2) is 65.1 Å². The second-order valence-corrected chi connectivity index (χ2v) is 6.43. The molecule has 0 saturated carbocycles. The number of rotatable bonds is 3. The van der Waals surface area contributed by atoms with Crippen LogP contribution in [-0.4, -0.2) is 0 Å². The Morgan fingerprint density at radius 1 is 1.00 bits per heavy atom. The minimum absolute atomic E-state index is 0.00649. The van der Waals surface area contributed by atoms with Gasteiger partial charge in [-0.25, -0.2) is 0 Å². The zero-order valence-electron chi connectivity index (χ0n) is 12.0. The van der Waals surface area contributed by atoms with Crippen molar-refractivity contribution in [3.8, 4) is 0 Å². The maximum Gasteiger partial charge on any atom is 0.0336 e. The van der Waals surface area contributed by atoms with Crippen molar-refractivity contribution in [3.05, 3.63) is 81.8 Å². The predicted molar refractivity (Wildman–Crippen MR) is 93.5 cm³/mol. The average molecular weight is 340 g/mol. The number of halogens is 1. The molecule has 106 valence electrons. The van der Waals surface area contributed by atoms with Gasteiger partial charge in [0.2, 0.25) is 0 Å². The number of nitrogens with two attached hydrogens (primary N) is 1. The standard InChI is InChI=1S/C19H18BrN/c1-13-9-16(11-17(20)10-13)19(21)12-15-7-4-6-14-5-2-3-8-18(14)15/h2-11,19H,12,21H2,1H3. The molecular formula is C19H18BrN. The Hall–Kier alpha value is -1.64. The van der Waals surface area contributed by atoms with Crippen molar-refractivity contribution in [3.63, 3.8) is 0 Å². The van der Waals surface area contributed by atoms with E-state index in [0.29, 0.717) is 0 Å². The van der Waals surface area contributed by atoms with Crippen molar-refractivity contribution >= 4 is 26.7 Å². The first-order chi connectivity index (χ1) is 10.1. The molecule has 3 aromatic carbocycles. The molecule has 0 spiro atoms. The SMILES string of the molecule is Cc1cc(Br)cc(C(N)Cc2cccc3ccccc23)c1. The average Bonchev–Trinajstić information content (AvgIpc) is 2.46.